The summed E-state index contributed by atoms with van der Waals surface area (Å²) in [5.41, 5.74) is 0. The SMILES string of the molecule is CC1CCCC(C)N1C(=O)CN1CC2CCC(O)C2C1. The average Bonchev–Trinajstić information content (AvgIpc) is 2.92. The molecule has 2 saturated heterocycles. The van der Waals surface area contributed by atoms with Crippen LogP contribution in [-0.4, -0.2) is 58.6 Å². The molecule has 5 atom stereocenters. The molecule has 0 spiro atoms. The Morgan fingerprint density at radius 3 is 2.45 bits per heavy atom. The van der Waals surface area contributed by atoms with E-state index in [9.17, 15) is 9.90 Å². The van der Waals surface area contributed by atoms with Crippen LogP contribution in [0.3, 0.4) is 0 Å². The topological polar surface area (TPSA) is 43.8 Å². The minimum absolute atomic E-state index is 0.132. The summed E-state index contributed by atoms with van der Waals surface area (Å²) in [5, 5.41) is 9.96. The van der Waals surface area contributed by atoms with Crippen LogP contribution in [0.5, 0.6) is 0 Å². The first-order chi connectivity index (χ1) is 9.56. The molecule has 3 aliphatic rings. The Balaban J connectivity index is 1.57. The van der Waals surface area contributed by atoms with E-state index in [1.807, 2.05) is 0 Å². The van der Waals surface area contributed by atoms with Crippen LogP contribution < -0.4 is 0 Å². The maximum Gasteiger partial charge on any atom is 0.237 e. The number of piperidine rings is 1. The lowest BCUT2D eigenvalue weighted by molar-refractivity contribution is -0.138. The van der Waals surface area contributed by atoms with E-state index in [1.165, 1.54) is 6.42 Å². The first-order valence-corrected chi connectivity index (χ1v) is 8.28. The van der Waals surface area contributed by atoms with Gasteiger partial charge in [0.15, 0.2) is 0 Å². The van der Waals surface area contributed by atoms with Gasteiger partial charge < -0.3 is 10.0 Å². The third kappa shape index (κ3) is 2.60. The Morgan fingerprint density at radius 1 is 1.10 bits per heavy atom. The fraction of sp³-hybridized carbons (Fsp3) is 0.938. The predicted octanol–water partition coefficient (Wildman–Crippen LogP) is 1.48. The second-order valence-corrected chi connectivity index (χ2v) is 7.19. The molecule has 1 amide bonds. The second-order valence-electron chi connectivity index (χ2n) is 7.19. The van der Waals surface area contributed by atoms with Gasteiger partial charge in [-0.15, -0.1) is 0 Å². The van der Waals surface area contributed by atoms with Gasteiger partial charge in [-0.2, -0.15) is 0 Å². The van der Waals surface area contributed by atoms with E-state index >= 15 is 0 Å². The van der Waals surface area contributed by atoms with Crippen LogP contribution in [-0.2, 0) is 4.79 Å². The third-order valence-electron chi connectivity index (χ3n) is 5.74. The van der Waals surface area contributed by atoms with E-state index in [0.29, 0.717) is 36.4 Å². The van der Waals surface area contributed by atoms with Crippen molar-refractivity contribution >= 4 is 5.91 Å². The molecule has 114 valence electrons. The van der Waals surface area contributed by atoms with Crippen molar-refractivity contribution < 1.29 is 9.90 Å². The minimum atomic E-state index is -0.132. The normalized spacial score (nSPS) is 42.0. The zero-order valence-electron chi connectivity index (χ0n) is 12.8. The summed E-state index contributed by atoms with van der Waals surface area (Å²) in [6.07, 6.45) is 5.48. The molecule has 20 heavy (non-hydrogen) atoms. The Labute approximate surface area is 122 Å². The summed E-state index contributed by atoms with van der Waals surface area (Å²) in [4.78, 5) is 17.0. The first-order valence-electron chi connectivity index (χ1n) is 8.28. The number of fused-ring (bicyclic) bond motifs is 1. The standard InChI is InChI=1S/C16H28N2O2/c1-11-4-3-5-12(2)18(11)16(20)10-17-8-13-6-7-15(19)14(13)9-17/h11-15,19H,3-10H2,1-2H3. The zero-order chi connectivity index (χ0) is 14.3. The van der Waals surface area contributed by atoms with Gasteiger partial charge in [-0.25, -0.2) is 0 Å². The Kier molecular flexibility index (Phi) is 4.04. The number of aliphatic hydroxyl groups excluding tert-OH is 1. The van der Waals surface area contributed by atoms with E-state index in [2.05, 4.69) is 23.6 Å². The highest BCUT2D eigenvalue weighted by atomic mass is 16.3. The molecule has 2 aliphatic heterocycles. The van der Waals surface area contributed by atoms with E-state index in [0.717, 1.165) is 38.8 Å². The molecule has 1 saturated carbocycles. The quantitative estimate of drug-likeness (QED) is 0.833. The molecule has 4 nitrogen and oxygen atoms in total. The van der Waals surface area contributed by atoms with Crippen LogP contribution >= 0.6 is 0 Å². The molecule has 3 rings (SSSR count). The number of carbonyl (C=O) groups excluding carboxylic acids is 1. The summed E-state index contributed by atoms with van der Waals surface area (Å²) >= 11 is 0. The van der Waals surface area contributed by atoms with Crippen LogP contribution in [0, 0.1) is 11.8 Å². The van der Waals surface area contributed by atoms with E-state index < -0.39 is 0 Å². The van der Waals surface area contributed by atoms with Gasteiger partial charge in [0.2, 0.25) is 5.91 Å². The van der Waals surface area contributed by atoms with Crippen molar-refractivity contribution in [2.75, 3.05) is 19.6 Å². The highest BCUT2D eigenvalue weighted by Crippen LogP contribution is 2.38. The Bertz CT molecular complexity index is 363. The maximum atomic E-state index is 12.6. The molecule has 0 radical (unpaired) electrons. The van der Waals surface area contributed by atoms with Gasteiger partial charge in [-0.1, -0.05) is 0 Å². The van der Waals surface area contributed by atoms with Crippen molar-refractivity contribution in [1.29, 1.82) is 0 Å². The average molecular weight is 280 g/mol. The van der Waals surface area contributed by atoms with Gasteiger partial charge in [0.1, 0.15) is 0 Å². The van der Waals surface area contributed by atoms with Gasteiger partial charge in [0.05, 0.1) is 12.6 Å². The van der Waals surface area contributed by atoms with Crippen LogP contribution in [0.2, 0.25) is 0 Å². The second kappa shape index (κ2) is 5.64. The Morgan fingerprint density at radius 2 is 1.80 bits per heavy atom. The van der Waals surface area contributed by atoms with Gasteiger partial charge in [0, 0.05) is 31.1 Å². The van der Waals surface area contributed by atoms with E-state index in [1.54, 1.807) is 0 Å². The molecular weight excluding hydrogens is 252 g/mol. The molecule has 5 unspecified atom stereocenters. The van der Waals surface area contributed by atoms with Crippen LogP contribution in [0.15, 0.2) is 0 Å². The monoisotopic (exact) mass is 280 g/mol. The highest BCUT2D eigenvalue weighted by Gasteiger charge is 2.42. The summed E-state index contributed by atoms with van der Waals surface area (Å²) < 4.78 is 0. The molecular formula is C16H28N2O2. The van der Waals surface area contributed by atoms with Gasteiger partial charge in [-0.3, -0.25) is 9.69 Å². The van der Waals surface area contributed by atoms with Crippen molar-refractivity contribution in [2.45, 2.75) is 64.1 Å². The number of rotatable bonds is 2. The predicted molar refractivity (Wildman–Crippen MR) is 78.3 cm³/mol. The number of carbonyl (C=O) groups is 1. The lowest BCUT2D eigenvalue weighted by Gasteiger charge is -2.40. The molecule has 2 heterocycles. The van der Waals surface area contributed by atoms with Gasteiger partial charge >= 0.3 is 0 Å². The van der Waals surface area contributed by atoms with Crippen molar-refractivity contribution in [1.82, 2.24) is 9.80 Å². The van der Waals surface area contributed by atoms with Crippen LogP contribution in [0.25, 0.3) is 0 Å². The number of amides is 1. The first kappa shape index (κ1) is 14.3. The molecule has 0 aromatic rings. The molecule has 4 heteroatoms. The fourth-order valence-electron chi connectivity index (χ4n) is 4.64. The van der Waals surface area contributed by atoms with Crippen LogP contribution in [0.4, 0.5) is 0 Å². The Hall–Kier alpha value is -0.610. The van der Waals surface area contributed by atoms with E-state index in [4.69, 9.17) is 0 Å². The maximum absolute atomic E-state index is 12.6. The van der Waals surface area contributed by atoms with Crippen molar-refractivity contribution in [3.63, 3.8) is 0 Å². The number of aliphatic hydroxyl groups is 1. The molecule has 0 aromatic heterocycles. The molecule has 1 N–H and O–H groups in total. The lowest BCUT2D eigenvalue weighted by atomic mass is 9.97. The van der Waals surface area contributed by atoms with E-state index in [-0.39, 0.29) is 6.10 Å². The molecule has 0 bridgehead atoms. The van der Waals surface area contributed by atoms with Crippen LogP contribution in [0.1, 0.15) is 46.0 Å². The van der Waals surface area contributed by atoms with Gasteiger partial charge in [0.25, 0.3) is 0 Å². The minimum Gasteiger partial charge on any atom is -0.393 e. The smallest absolute Gasteiger partial charge is 0.237 e. The third-order valence-corrected chi connectivity index (χ3v) is 5.74. The lowest BCUT2D eigenvalue weighted by Crippen LogP contribution is -2.51. The highest BCUT2D eigenvalue weighted by molar-refractivity contribution is 5.79. The van der Waals surface area contributed by atoms with Crippen molar-refractivity contribution in [3.8, 4) is 0 Å². The number of nitrogens with zero attached hydrogens (tertiary/aromatic N) is 2. The zero-order valence-corrected chi connectivity index (χ0v) is 12.8. The largest absolute Gasteiger partial charge is 0.393 e. The fourth-order valence-corrected chi connectivity index (χ4v) is 4.64. The summed E-state index contributed by atoms with van der Waals surface area (Å²) in [6.45, 7) is 6.82. The molecule has 3 fully saturated rings. The number of hydrogen-bond donors (Lipinski definition) is 1. The summed E-state index contributed by atoms with van der Waals surface area (Å²) in [5.74, 6) is 1.33. The number of likely N-dealkylation sites (tertiary alicyclic amines) is 2. The molecule has 0 aromatic carbocycles. The van der Waals surface area contributed by atoms with Gasteiger partial charge in [-0.05, 0) is 51.9 Å². The number of hydrogen-bond acceptors (Lipinski definition) is 3. The van der Waals surface area contributed by atoms with Crippen molar-refractivity contribution in [2.24, 2.45) is 11.8 Å². The van der Waals surface area contributed by atoms with Crippen molar-refractivity contribution in [3.05, 3.63) is 0 Å². The summed E-state index contributed by atoms with van der Waals surface area (Å²) in [7, 11) is 0. The summed E-state index contributed by atoms with van der Waals surface area (Å²) in [6, 6.07) is 0.776. The molecule has 1 aliphatic carbocycles.